The Morgan fingerprint density at radius 3 is 3.17 bits per heavy atom. The van der Waals surface area contributed by atoms with Crippen LogP contribution in [0.4, 0.5) is 4.79 Å². The molecule has 2 aromatic heterocycles. The Morgan fingerprint density at radius 1 is 1.50 bits per heavy atom. The lowest BCUT2D eigenvalue weighted by Gasteiger charge is -2.36. The molecule has 0 unspecified atom stereocenters. The summed E-state index contributed by atoms with van der Waals surface area (Å²) in [6.07, 6.45) is 3.33. The highest BCUT2D eigenvalue weighted by atomic mass is 32.1. The zero-order valence-electron chi connectivity index (χ0n) is 13.3. The zero-order valence-corrected chi connectivity index (χ0v) is 14.1. The molecule has 0 saturated carbocycles. The molecule has 6 nitrogen and oxygen atoms in total. The SMILES string of the molecule is O=C(NCc1cccnc1)N1CCOC[C@H]1C[C@H](O)c1cccs1. The maximum Gasteiger partial charge on any atom is 0.318 e. The van der Waals surface area contributed by atoms with E-state index < -0.39 is 6.10 Å². The highest BCUT2D eigenvalue weighted by molar-refractivity contribution is 7.10. The van der Waals surface area contributed by atoms with Gasteiger partial charge in [0.25, 0.3) is 0 Å². The molecular formula is C17H21N3O3S. The van der Waals surface area contributed by atoms with E-state index in [1.165, 1.54) is 11.3 Å². The third-order valence-corrected chi connectivity index (χ3v) is 5.00. The van der Waals surface area contributed by atoms with Crippen molar-refractivity contribution in [1.29, 1.82) is 0 Å². The molecule has 2 N–H and O–H groups in total. The number of rotatable bonds is 5. The number of aliphatic hydroxyl groups excluding tert-OH is 1. The number of aromatic nitrogens is 1. The Labute approximate surface area is 145 Å². The van der Waals surface area contributed by atoms with E-state index in [0.29, 0.717) is 32.7 Å². The standard InChI is InChI=1S/C17H21N3O3S/c21-15(16-4-2-8-24-16)9-14-12-23-7-6-20(14)17(22)19-11-13-3-1-5-18-10-13/h1-5,8,10,14-15,21H,6-7,9,11-12H2,(H,19,22)/t14-,15+/m1/s1. The van der Waals surface area contributed by atoms with Crippen LogP contribution in [0.2, 0.25) is 0 Å². The van der Waals surface area contributed by atoms with Gasteiger partial charge in [-0.1, -0.05) is 12.1 Å². The number of nitrogens with one attached hydrogen (secondary N) is 1. The van der Waals surface area contributed by atoms with Gasteiger partial charge in [0.05, 0.1) is 25.4 Å². The number of ether oxygens (including phenoxy) is 1. The fourth-order valence-electron chi connectivity index (χ4n) is 2.75. The second-order valence-corrected chi connectivity index (χ2v) is 6.69. The van der Waals surface area contributed by atoms with Crippen LogP contribution in [0.3, 0.4) is 0 Å². The highest BCUT2D eigenvalue weighted by Crippen LogP contribution is 2.25. The number of urea groups is 1. The molecule has 0 aromatic carbocycles. The Balaban J connectivity index is 1.58. The number of amides is 2. The summed E-state index contributed by atoms with van der Waals surface area (Å²) >= 11 is 1.52. The van der Waals surface area contributed by atoms with E-state index in [2.05, 4.69) is 10.3 Å². The summed E-state index contributed by atoms with van der Waals surface area (Å²) in [7, 11) is 0. The normalized spacial score (nSPS) is 19.0. The summed E-state index contributed by atoms with van der Waals surface area (Å²) in [6.45, 7) is 1.93. The minimum Gasteiger partial charge on any atom is -0.387 e. The maximum atomic E-state index is 12.5. The molecule has 0 aliphatic carbocycles. The smallest absolute Gasteiger partial charge is 0.318 e. The molecule has 3 heterocycles. The van der Waals surface area contributed by atoms with Crippen molar-refractivity contribution in [3.05, 3.63) is 52.5 Å². The molecule has 1 aliphatic rings. The fraction of sp³-hybridized carbons (Fsp3) is 0.412. The average Bonchev–Trinajstić information content (AvgIpc) is 3.16. The van der Waals surface area contributed by atoms with Gasteiger partial charge in [-0.15, -0.1) is 11.3 Å². The van der Waals surface area contributed by atoms with Gasteiger partial charge in [-0.3, -0.25) is 4.98 Å². The summed E-state index contributed by atoms with van der Waals surface area (Å²) in [5, 5.41) is 15.2. The lowest BCUT2D eigenvalue weighted by atomic mass is 10.1. The third-order valence-electron chi connectivity index (χ3n) is 4.02. The predicted molar refractivity (Wildman–Crippen MR) is 91.7 cm³/mol. The number of pyridine rings is 1. The first-order valence-electron chi connectivity index (χ1n) is 7.96. The van der Waals surface area contributed by atoms with Gasteiger partial charge in [0.2, 0.25) is 0 Å². The number of morpholine rings is 1. The fourth-order valence-corrected chi connectivity index (χ4v) is 3.48. The Morgan fingerprint density at radius 2 is 2.42 bits per heavy atom. The molecule has 2 amide bonds. The topological polar surface area (TPSA) is 74.7 Å². The maximum absolute atomic E-state index is 12.5. The molecule has 3 rings (SSSR count). The number of aliphatic hydroxyl groups is 1. The Kier molecular flexibility index (Phi) is 5.79. The van der Waals surface area contributed by atoms with Gasteiger partial charge in [0.1, 0.15) is 0 Å². The van der Waals surface area contributed by atoms with E-state index in [-0.39, 0.29) is 12.1 Å². The molecule has 24 heavy (non-hydrogen) atoms. The van der Waals surface area contributed by atoms with Crippen molar-refractivity contribution in [2.24, 2.45) is 0 Å². The first kappa shape index (κ1) is 16.9. The van der Waals surface area contributed by atoms with E-state index in [4.69, 9.17) is 4.74 Å². The summed E-state index contributed by atoms with van der Waals surface area (Å²) < 4.78 is 5.50. The second-order valence-electron chi connectivity index (χ2n) is 5.71. The number of hydrogen-bond acceptors (Lipinski definition) is 5. The molecule has 128 valence electrons. The molecular weight excluding hydrogens is 326 g/mol. The van der Waals surface area contributed by atoms with Gasteiger partial charge in [0.15, 0.2) is 0 Å². The van der Waals surface area contributed by atoms with Crippen molar-refractivity contribution >= 4 is 17.4 Å². The number of hydrogen-bond donors (Lipinski definition) is 2. The minimum absolute atomic E-state index is 0.134. The molecule has 0 radical (unpaired) electrons. The van der Waals surface area contributed by atoms with Gasteiger partial charge < -0.3 is 20.1 Å². The van der Waals surface area contributed by atoms with Crippen molar-refractivity contribution in [2.75, 3.05) is 19.8 Å². The van der Waals surface area contributed by atoms with Crippen LogP contribution in [-0.2, 0) is 11.3 Å². The van der Waals surface area contributed by atoms with Crippen molar-refractivity contribution in [1.82, 2.24) is 15.2 Å². The molecule has 1 aliphatic heterocycles. The van der Waals surface area contributed by atoms with E-state index in [1.807, 2.05) is 29.6 Å². The van der Waals surface area contributed by atoms with E-state index in [1.54, 1.807) is 17.3 Å². The first-order chi connectivity index (χ1) is 11.7. The van der Waals surface area contributed by atoms with Crippen LogP contribution in [0.25, 0.3) is 0 Å². The molecule has 0 spiro atoms. The van der Waals surface area contributed by atoms with Gasteiger partial charge in [-0.2, -0.15) is 0 Å². The van der Waals surface area contributed by atoms with Crippen molar-refractivity contribution < 1.29 is 14.6 Å². The van der Waals surface area contributed by atoms with Crippen LogP contribution < -0.4 is 5.32 Å². The molecule has 2 atom stereocenters. The van der Waals surface area contributed by atoms with Crippen LogP contribution >= 0.6 is 11.3 Å². The largest absolute Gasteiger partial charge is 0.387 e. The van der Waals surface area contributed by atoms with E-state index in [0.717, 1.165) is 10.4 Å². The number of nitrogens with zero attached hydrogens (tertiary/aromatic N) is 2. The van der Waals surface area contributed by atoms with Gasteiger partial charge in [-0.25, -0.2) is 4.79 Å². The van der Waals surface area contributed by atoms with Crippen LogP contribution in [0, 0.1) is 0 Å². The lowest BCUT2D eigenvalue weighted by molar-refractivity contribution is -0.00654. The van der Waals surface area contributed by atoms with E-state index in [9.17, 15) is 9.90 Å². The quantitative estimate of drug-likeness (QED) is 0.869. The van der Waals surface area contributed by atoms with Crippen LogP contribution in [0.1, 0.15) is 23.0 Å². The Hall–Kier alpha value is -1.96. The molecule has 2 aromatic rings. The lowest BCUT2D eigenvalue weighted by Crippen LogP contribution is -2.52. The third kappa shape index (κ3) is 4.31. The van der Waals surface area contributed by atoms with Crippen LogP contribution in [-0.4, -0.2) is 46.8 Å². The second kappa shape index (κ2) is 8.23. The summed E-state index contributed by atoms with van der Waals surface area (Å²) in [6, 6.07) is 7.32. The molecule has 1 saturated heterocycles. The summed E-state index contributed by atoms with van der Waals surface area (Å²) in [5.74, 6) is 0. The predicted octanol–water partition coefficient (Wildman–Crippen LogP) is 2.18. The van der Waals surface area contributed by atoms with Crippen LogP contribution in [0.15, 0.2) is 42.0 Å². The highest BCUT2D eigenvalue weighted by Gasteiger charge is 2.29. The van der Waals surface area contributed by atoms with Gasteiger partial charge in [0, 0.05) is 36.8 Å². The summed E-state index contributed by atoms with van der Waals surface area (Å²) in [5.41, 5.74) is 0.953. The minimum atomic E-state index is -0.578. The average molecular weight is 347 g/mol. The molecule has 7 heteroatoms. The van der Waals surface area contributed by atoms with Crippen molar-refractivity contribution in [2.45, 2.75) is 25.1 Å². The van der Waals surface area contributed by atoms with Crippen molar-refractivity contribution in [3.63, 3.8) is 0 Å². The van der Waals surface area contributed by atoms with E-state index >= 15 is 0 Å². The first-order valence-corrected chi connectivity index (χ1v) is 8.84. The van der Waals surface area contributed by atoms with Gasteiger partial charge >= 0.3 is 6.03 Å². The van der Waals surface area contributed by atoms with Crippen LogP contribution in [0.5, 0.6) is 0 Å². The molecule has 0 bridgehead atoms. The monoisotopic (exact) mass is 347 g/mol. The number of carbonyl (C=O) groups excluding carboxylic acids is 1. The molecule has 1 fully saturated rings. The zero-order chi connectivity index (χ0) is 16.8. The van der Waals surface area contributed by atoms with Gasteiger partial charge in [-0.05, 0) is 23.1 Å². The summed E-state index contributed by atoms with van der Waals surface area (Å²) in [4.78, 5) is 19.2. The van der Waals surface area contributed by atoms with Crippen molar-refractivity contribution in [3.8, 4) is 0 Å². The number of carbonyl (C=O) groups is 1. The number of thiophene rings is 1. The Bertz CT molecular complexity index is 636.